The van der Waals surface area contributed by atoms with Crippen molar-refractivity contribution in [3.05, 3.63) is 0 Å². The summed E-state index contributed by atoms with van der Waals surface area (Å²) in [5.41, 5.74) is 5.68. The van der Waals surface area contributed by atoms with Gasteiger partial charge in [0.05, 0.1) is 12.2 Å². The van der Waals surface area contributed by atoms with Crippen LogP contribution < -0.4 is 5.73 Å². The van der Waals surface area contributed by atoms with Gasteiger partial charge in [0.1, 0.15) is 0 Å². The average molecular weight is 229 g/mol. The molecule has 0 aromatic rings. The number of unbranched alkanes of at least 4 members (excludes halogenated alkanes) is 6. The summed E-state index contributed by atoms with van der Waals surface area (Å²) >= 11 is 0. The molecule has 0 aliphatic rings. The quantitative estimate of drug-likeness (QED) is 0.546. The molecule has 0 spiro atoms. The molecular weight excluding hydrogens is 198 g/mol. The maximum absolute atomic E-state index is 5.72. The minimum Gasteiger partial charge on any atom is -0.374 e. The van der Waals surface area contributed by atoms with Crippen molar-refractivity contribution in [3.63, 3.8) is 0 Å². The highest BCUT2D eigenvalue weighted by Gasteiger charge is 2.08. The lowest BCUT2D eigenvalue weighted by molar-refractivity contribution is 0.00735. The van der Waals surface area contributed by atoms with E-state index in [2.05, 4.69) is 20.8 Å². The minimum atomic E-state index is 0.274. The lowest BCUT2D eigenvalue weighted by Gasteiger charge is -2.18. The number of hydrogen-bond donors (Lipinski definition) is 1. The Bertz CT molecular complexity index is 137. The molecule has 0 saturated heterocycles. The lowest BCUT2D eigenvalue weighted by atomic mass is 10.1. The molecule has 0 aliphatic heterocycles. The van der Waals surface area contributed by atoms with E-state index in [1.807, 2.05) is 0 Å². The molecule has 0 amide bonds. The Balaban J connectivity index is 3.27. The van der Waals surface area contributed by atoms with Crippen LogP contribution in [-0.2, 0) is 4.74 Å². The molecule has 1 unspecified atom stereocenters. The Morgan fingerprint density at radius 2 is 1.50 bits per heavy atom. The third-order valence-corrected chi connectivity index (χ3v) is 2.86. The summed E-state index contributed by atoms with van der Waals surface area (Å²) in [5.74, 6) is 0. The second-order valence-corrected chi connectivity index (χ2v) is 4.95. The van der Waals surface area contributed by atoms with Crippen molar-refractivity contribution >= 4 is 0 Å². The number of nitrogens with two attached hydrogens (primary N) is 1. The molecular formula is C14H31NO. The first-order valence-electron chi connectivity index (χ1n) is 7.06. The monoisotopic (exact) mass is 229 g/mol. The largest absolute Gasteiger partial charge is 0.374 e. The molecule has 2 nitrogen and oxygen atoms in total. The van der Waals surface area contributed by atoms with Gasteiger partial charge in [-0.15, -0.1) is 0 Å². The van der Waals surface area contributed by atoms with Crippen LogP contribution in [0.2, 0.25) is 0 Å². The van der Waals surface area contributed by atoms with Crippen molar-refractivity contribution in [1.82, 2.24) is 0 Å². The van der Waals surface area contributed by atoms with Crippen molar-refractivity contribution in [3.8, 4) is 0 Å². The third kappa shape index (κ3) is 10.4. The maximum Gasteiger partial charge on any atom is 0.0700 e. The summed E-state index contributed by atoms with van der Waals surface area (Å²) in [5, 5.41) is 0. The van der Waals surface area contributed by atoms with Gasteiger partial charge in [-0.25, -0.2) is 0 Å². The van der Waals surface area contributed by atoms with Gasteiger partial charge < -0.3 is 10.5 Å². The highest BCUT2D eigenvalue weighted by Crippen LogP contribution is 2.11. The van der Waals surface area contributed by atoms with Crippen LogP contribution in [0.15, 0.2) is 0 Å². The summed E-state index contributed by atoms with van der Waals surface area (Å²) in [4.78, 5) is 0. The highest BCUT2D eigenvalue weighted by atomic mass is 16.5. The van der Waals surface area contributed by atoms with Crippen LogP contribution in [0, 0.1) is 0 Å². The zero-order chi connectivity index (χ0) is 12.2. The van der Waals surface area contributed by atoms with Gasteiger partial charge in [0, 0.05) is 6.54 Å². The van der Waals surface area contributed by atoms with Crippen molar-refractivity contribution in [2.75, 3.05) is 6.54 Å². The van der Waals surface area contributed by atoms with Crippen molar-refractivity contribution in [2.45, 2.75) is 84.3 Å². The topological polar surface area (TPSA) is 35.2 Å². The van der Waals surface area contributed by atoms with E-state index in [9.17, 15) is 0 Å². The highest BCUT2D eigenvalue weighted by molar-refractivity contribution is 4.60. The molecule has 2 heteroatoms. The molecule has 0 rings (SSSR count). The van der Waals surface area contributed by atoms with E-state index < -0.39 is 0 Å². The Hall–Kier alpha value is -0.0800. The van der Waals surface area contributed by atoms with E-state index in [4.69, 9.17) is 10.5 Å². The number of hydrogen-bond acceptors (Lipinski definition) is 2. The fourth-order valence-corrected chi connectivity index (χ4v) is 1.96. The van der Waals surface area contributed by atoms with Gasteiger partial charge in [-0.2, -0.15) is 0 Å². The molecule has 0 aromatic heterocycles. The molecule has 0 bridgehead atoms. The van der Waals surface area contributed by atoms with Crippen LogP contribution in [0.5, 0.6) is 0 Å². The van der Waals surface area contributed by atoms with E-state index in [0.29, 0.717) is 12.6 Å². The molecule has 0 radical (unpaired) electrons. The van der Waals surface area contributed by atoms with Crippen LogP contribution in [0.3, 0.4) is 0 Å². The smallest absolute Gasteiger partial charge is 0.0700 e. The predicted molar refractivity (Wildman–Crippen MR) is 71.7 cm³/mol. The fourth-order valence-electron chi connectivity index (χ4n) is 1.96. The van der Waals surface area contributed by atoms with E-state index in [1.54, 1.807) is 0 Å². The average Bonchev–Trinajstić information content (AvgIpc) is 2.25. The first-order chi connectivity index (χ1) is 7.70. The SMILES string of the molecule is CCCCCCCCCC(CN)OC(C)C. The Kier molecular flexibility index (Phi) is 11.3. The van der Waals surface area contributed by atoms with Gasteiger partial charge in [-0.3, -0.25) is 0 Å². The summed E-state index contributed by atoms with van der Waals surface area (Å²) in [6, 6.07) is 0. The molecule has 0 aliphatic carbocycles. The van der Waals surface area contributed by atoms with Crippen LogP contribution in [0.4, 0.5) is 0 Å². The van der Waals surface area contributed by atoms with Gasteiger partial charge in [-0.05, 0) is 20.3 Å². The molecule has 1 atom stereocenters. The Morgan fingerprint density at radius 1 is 0.938 bits per heavy atom. The Morgan fingerprint density at radius 3 is 2.00 bits per heavy atom. The van der Waals surface area contributed by atoms with Gasteiger partial charge in [0.15, 0.2) is 0 Å². The molecule has 0 aromatic carbocycles. The lowest BCUT2D eigenvalue weighted by Crippen LogP contribution is -2.26. The van der Waals surface area contributed by atoms with Crippen LogP contribution in [0.1, 0.15) is 72.1 Å². The third-order valence-electron chi connectivity index (χ3n) is 2.86. The van der Waals surface area contributed by atoms with Crippen molar-refractivity contribution in [2.24, 2.45) is 5.73 Å². The number of ether oxygens (including phenoxy) is 1. The predicted octanol–water partition coefficient (Wildman–Crippen LogP) is 3.88. The standard InChI is InChI=1S/C14H31NO/c1-4-5-6-7-8-9-10-11-14(12-15)16-13(2)3/h13-14H,4-12,15H2,1-3H3. The molecule has 2 N–H and O–H groups in total. The van der Waals surface area contributed by atoms with Crippen LogP contribution >= 0.6 is 0 Å². The second-order valence-electron chi connectivity index (χ2n) is 4.95. The van der Waals surface area contributed by atoms with E-state index in [1.165, 1.54) is 44.9 Å². The molecule has 16 heavy (non-hydrogen) atoms. The van der Waals surface area contributed by atoms with Crippen LogP contribution in [-0.4, -0.2) is 18.8 Å². The second kappa shape index (κ2) is 11.4. The van der Waals surface area contributed by atoms with Crippen molar-refractivity contribution in [1.29, 1.82) is 0 Å². The van der Waals surface area contributed by atoms with Crippen molar-refractivity contribution < 1.29 is 4.74 Å². The summed E-state index contributed by atoms with van der Waals surface area (Å²) < 4.78 is 5.72. The van der Waals surface area contributed by atoms with Gasteiger partial charge in [0.25, 0.3) is 0 Å². The normalized spacial score (nSPS) is 13.3. The summed E-state index contributed by atoms with van der Waals surface area (Å²) in [7, 11) is 0. The summed E-state index contributed by atoms with van der Waals surface area (Å²) in [6.45, 7) is 7.07. The zero-order valence-electron chi connectivity index (χ0n) is 11.5. The first kappa shape index (κ1) is 15.9. The first-order valence-corrected chi connectivity index (χ1v) is 7.06. The molecule has 0 heterocycles. The zero-order valence-corrected chi connectivity index (χ0v) is 11.5. The van der Waals surface area contributed by atoms with E-state index in [0.717, 1.165) is 6.42 Å². The van der Waals surface area contributed by atoms with Gasteiger partial charge in [-0.1, -0.05) is 51.9 Å². The molecule has 0 fully saturated rings. The summed E-state index contributed by atoms with van der Waals surface area (Å²) in [6.07, 6.45) is 11.2. The fraction of sp³-hybridized carbons (Fsp3) is 1.00. The van der Waals surface area contributed by atoms with E-state index in [-0.39, 0.29) is 6.10 Å². The minimum absolute atomic E-state index is 0.274. The molecule has 0 saturated carbocycles. The van der Waals surface area contributed by atoms with Crippen LogP contribution in [0.25, 0.3) is 0 Å². The van der Waals surface area contributed by atoms with Gasteiger partial charge in [0.2, 0.25) is 0 Å². The van der Waals surface area contributed by atoms with Gasteiger partial charge >= 0.3 is 0 Å². The number of rotatable bonds is 11. The maximum atomic E-state index is 5.72. The molecule has 98 valence electrons. The van der Waals surface area contributed by atoms with E-state index >= 15 is 0 Å². The Labute approximate surface area is 102 Å².